The fraction of sp³-hybridized carbons (Fsp3) is 1.00. The van der Waals surface area contributed by atoms with Crippen molar-refractivity contribution in [1.29, 1.82) is 0 Å². The molecule has 0 spiro atoms. The van der Waals surface area contributed by atoms with Crippen molar-refractivity contribution in [2.24, 2.45) is 5.41 Å². The molecule has 0 saturated heterocycles. The highest BCUT2D eigenvalue weighted by Crippen LogP contribution is 2.42. The van der Waals surface area contributed by atoms with Crippen LogP contribution in [0.2, 0.25) is 0 Å². The van der Waals surface area contributed by atoms with Crippen LogP contribution in [-0.4, -0.2) is 25.2 Å². The van der Waals surface area contributed by atoms with Crippen LogP contribution >= 0.6 is 0 Å². The molecule has 0 bridgehead atoms. The smallest absolute Gasteiger partial charge is 0.0249 e. The van der Waals surface area contributed by atoms with Crippen molar-refractivity contribution in [2.75, 3.05) is 19.6 Å². The van der Waals surface area contributed by atoms with Crippen molar-refractivity contribution in [1.82, 2.24) is 10.6 Å². The van der Waals surface area contributed by atoms with Crippen LogP contribution in [0.1, 0.15) is 53.4 Å². The van der Waals surface area contributed by atoms with Gasteiger partial charge in [-0.3, -0.25) is 0 Å². The van der Waals surface area contributed by atoms with E-state index in [9.17, 15) is 0 Å². The molecule has 1 rings (SSSR count). The molecule has 0 atom stereocenters. The molecule has 1 aliphatic carbocycles. The molecule has 0 unspecified atom stereocenters. The lowest BCUT2D eigenvalue weighted by Gasteiger charge is -2.42. The van der Waals surface area contributed by atoms with E-state index in [0.29, 0.717) is 5.41 Å². The summed E-state index contributed by atoms with van der Waals surface area (Å²) in [4.78, 5) is 0. The summed E-state index contributed by atoms with van der Waals surface area (Å²) in [6, 6.07) is 0. The zero-order valence-corrected chi connectivity index (χ0v) is 10.9. The molecule has 1 saturated carbocycles. The zero-order valence-electron chi connectivity index (χ0n) is 10.9. The van der Waals surface area contributed by atoms with E-state index in [-0.39, 0.29) is 5.54 Å². The number of nitrogens with one attached hydrogen (secondary N) is 2. The minimum atomic E-state index is 0.230. The normalized spacial score (nSPS) is 20.0. The van der Waals surface area contributed by atoms with Gasteiger partial charge in [-0.1, -0.05) is 20.3 Å². The molecule has 2 heteroatoms. The third-order valence-electron chi connectivity index (χ3n) is 3.89. The highest BCUT2D eigenvalue weighted by atomic mass is 15.0. The molecule has 0 aliphatic heterocycles. The van der Waals surface area contributed by atoms with Gasteiger partial charge in [-0.25, -0.2) is 0 Å². The van der Waals surface area contributed by atoms with Crippen LogP contribution in [0.4, 0.5) is 0 Å². The topological polar surface area (TPSA) is 24.1 Å². The van der Waals surface area contributed by atoms with Gasteiger partial charge in [0.2, 0.25) is 0 Å². The second-order valence-electron chi connectivity index (χ2n) is 5.72. The Bertz CT molecular complexity index is 177. The van der Waals surface area contributed by atoms with E-state index in [4.69, 9.17) is 0 Å². The Morgan fingerprint density at radius 1 is 1.20 bits per heavy atom. The number of hydrogen-bond donors (Lipinski definition) is 2. The number of hydrogen-bond acceptors (Lipinski definition) is 2. The first-order chi connectivity index (χ1) is 7.04. The fourth-order valence-electron chi connectivity index (χ4n) is 2.51. The minimum absolute atomic E-state index is 0.230. The Labute approximate surface area is 95.2 Å². The maximum absolute atomic E-state index is 3.64. The van der Waals surface area contributed by atoms with Crippen molar-refractivity contribution >= 4 is 0 Å². The van der Waals surface area contributed by atoms with Crippen LogP contribution in [-0.2, 0) is 0 Å². The van der Waals surface area contributed by atoms with Crippen molar-refractivity contribution in [3.05, 3.63) is 0 Å². The first kappa shape index (κ1) is 13.0. The molecule has 0 radical (unpaired) electrons. The zero-order chi connectivity index (χ0) is 11.4. The Morgan fingerprint density at radius 2 is 1.87 bits per heavy atom. The van der Waals surface area contributed by atoms with Crippen molar-refractivity contribution in [3.8, 4) is 0 Å². The largest absolute Gasteiger partial charge is 0.314 e. The average Bonchev–Trinajstić information content (AvgIpc) is 2.09. The van der Waals surface area contributed by atoms with E-state index in [1.807, 2.05) is 0 Å². The van der Waals surface area contributed by atoms with Gasteiger partial charge in [0.1, 0.15) is 0 Å². The Balaban J connectivity index is 2.20. The monoisotopic (exact) mass is 212 g/mol. The first-order valence-electron chi connectivity index (χ1n) is 6.49. The molecule has 0 heterocycles. The summed E-state index contributed by atoms with van der Waals surface area (Å²) in [6.07, 6.45) is 5.63. The van der Waals surface area contributed by atoms with E-state index in [1.54, 1.807) is 0 Å². The summed E-state index contributed by atoms with van der Waals surface area (Å²) in [7, 11) is 0. The molecule has 0 aromatic rings. The molecule has 2 N–H and O–H groups in total. The third kappa shape index (κ3) is 3.76. The predicted octanol–water partition coefficient (Wildman–Crippen LogP) is 2.54. The second-order valence-corrected chi connectivity index (χ2v) is 5.72. The third-order valence-corrected chi connectivity index (χ3v) is 3.89. The molecule has 0 aromatic carbocycles. The second kappa shape index (κ2) is 5.31. The van der Waals surface area contributed by atoms with E-state index >= 15 is 0 Å². The van der Waals surface area contributed by atoms with Crippen molar-refractivity contribution < 1.29 is 0 Å². The van der Waals surface area contributed by atoms with Crippen molar-refractivity contribution in [3.63, 3.8) is 0 Å². The van der Waals surface area contributed by atoms with Gasteiger partial charge in [-0.05, 0) is 45.1 Å². The molecular weight excluding hydrogens is 184 g/mol. The van der Waals surface area contributed by atoms with Crippen LogP contribution in [0, 0.1) is 5.41 Å². The molecule has 1 aliphatic rings. The number of likely N-dealkylation sites (N-methyl/N-ethyl adjacent to an activating group) is 1. The van der Waals surface area contributed by atoms with Gasteiger partial charge in [0.25, 0.3) is 0 Å². The molecule has 15 heavy (non-hydrogen) atoms. The molecular formula is C13H28N2. The van der Waals surface area contributed by atoms with Gasteiger partial charge in [-0.2, -0.15) is 0 Å². The van der Waals surface area contributed by atoms with E-state index < -0.39 is 0 Å². The lowest BCUT2D eigenvalue weighted by atomic mass is 9.67. The Hall–Kier alpha value is -0.0800. The SMILES string of the molecule is CCNC(C)(C)CNCC1(CC)CCC1. The summed E-state index contributed by atoms with van der Waals surface area (Å²) in [5.41, 5.74) is 0.871. The Morgan fingerprint density at radius 3 is 2.27 bits per heavy atom. The quantitative estimate of drug-likeness (QED) is 0.678. The molecule has 2 nitrogen and oxygen atoms in total. The molecule has 1 fully saturated rings. The Kier molecular flexibility index (Phi) is 4.60. The van der Waals surface area contributed by atoms with E-state index in [0.717, 1.165) is 13.1 Å². The number of rotatable bonds is 7. The maximum Gasteiger partial charge on any atom is 0.0249 e. The summed E-state index contributed by atoms with van der Waals surface area (Å²) in [5.74, 6) is 0. The van der Waals surface area contributed by atoms with Crippen LogP contribution in [0.3, 0.4) is 0 Å². The standard InChI is InChI=1S/C13H28N2/c1-5-13(8-7-9-13)11-14-10-12(3,4)15-6-2/h14-15H,5-11H2,1-4H3. The van der Waals surface area contributed by atoms with Gasteiger partial charge in [0.15, 0.2) is 0 Å². The molecule has 90 valence electrons. The van der Waals surface area contributed by atoms with Gasteiger partial charge >= 0.3 is 0 Å². The van der Waals surface area contributed by atoms with Crippen LogP contribution < -0.4 is 10.6 Å². The maximum atomic E-state index is 3.64. The van der Waals surface area contributed by atoms with Crippen LogP contribution in [0.15, 0.2) is 0 Å². The highest BCUT2D eigenvalue weighted by molar-refractivity contribution is 4.90. The van der Waals surface area contributed by atoms with Crippen molar-refractivity contribution in [2.45, 2.75) is 58.9 Å². The van der Waals surface area contributed by atoms with Gasteiger partial charge in [0, 0.05) is 18.6 Å². The molecule has 0 aromatic heterocycles. The fourth-order valence-corrected chi connectivity index (χ4v) is 2.51. The molecule has 0 amide bonds. The van der Waals surface area contributed by atoms with Gasteiger partial charge < -0.3 is 10.6 Å². The van der Waals surface area contributed by atoms with Gasteiger partial charge in [-0.15, -0.1) is 0 Å². The lowest BCUT2D eigenvalue weighted by Crippen LogP contribution is -2.50. The summed E-state index contributed by atoms with van der Waals surface area (Å²) in [5, 5.41) is 7.14. The summed E-state index contributed by atoms with van der Waals surface area (Å²) < 4.78 is 0. The highest BCUT2D eigenvalue weighted by Gasteiger charge is 2.34. The van der Waals surface area contributed by atoms with Crippen LogP contribution in [0.5, 0.6) is 0 Å². The van der Waals surface area contributed by atoms with E-state index in [1.165, 1.54) is 32.2 Å². The lowest BCUT2D eigenvalue weighted by molar-refractivity contribution is 0.121. The summed E-state index contributed by atoms with van der Waals surface area (Å²) in [6.45, 7) is 12.4. The minimum Gasteiger partial charge on any atom is -0.314 e. The average molecular weight is 212 g/mol. The predicted molar refractivity (Wildman–Crippen MR) is 67.2 cm³/mol. The van der Waals surface area contributed by atoms with E-state index in [2.05, 4.69) is 38.3 Å². The van der Waals surface area contributed by atoms with Gasteiger partial charge in [0.05, 0.1) is 0 Å². The summed E-state index contributed by atoms with van der Waals surface area (Å²) >= 11 is 0. The first-order valence-corrected chi connectivity index (χ1v) is 6.49. The van der Waals surface area contributed by atoms with Crippen LogP contribution in [0.25, 0.3) is 0 Å².